The number of methoxy groups -OCH3 is 1. The smallest absolute Gasteiger partial charge is 0.256 e. The van der Waals surface area contributed by atoms with E-state index in [9.17, 15) is 9.90 Å². The molecule has 0 bridgehead atoms. The second-order valence-corrected chi connectivity index (χ2v) is 6.73. The van der Waals surface area contributed by atoms with Gasteiger partial charge in [0.05, 0.1) is 24.5 Å². The molecule has 8 nitrogen and oxygen atoms in total. The molecule has 4 aromatic rings. The first kappa shape index (κ1) is 19.4. The van der Waals surface area contributed by atoms with Gasteiger partial charge in [-0.15, -0.1) is 0 Å². The van der Waals surface area contributed by atoms with E-state index in [1.54, 1.807) is 54.9 Å². The van der Waals surface area contributed by atoms with E-state index in [4.69, 9.17) is 16.3 Å². The molecule has 2 aromatic heterocycles. The van der Waals surface area contributed by atoms with Crippen molar-refractivity contribution in [3.63, 3.8) is 0 Å². The third-order valence-electron chi connectivity index (χ3n) is 4.23. The number of amides is 1. The van der Waals surface area contributed by atoms with Gasteiger partial charge in [0.25, 0.3) is 5.91 Å². The number of nitrogens with one attached hydrogen (secondary N) is 2. The van der Waals surface area contributed by atoms with E-state index in [0.29, 0.717) is 39.3 Å². The summed E-state index contributed by atoms with van der Waals surface area (Å²) in [5, 5.41) is 16.9. The van der Waals surface area contributed by atoms with Gasteiger partial charge in [-0.1, -0.05) is 17.7 Å². The molecule has 3 N–H and O–H groups in total. The summed E-state index contributed by atoms with van der Waals surface area (Å²) in [6.45, 7) is 0. The van der Waals surface area contributed by atoms with Crippen LogP contribution < -0.4 is 15.4 Å². The largest absolute Gasteiger partial charge is 0.504 e. The number of hydrogen-bond acceptors (Lipinski definition) is 7. The summed E-state index contributed by atoms with van der Waals surface area (Å²) >= 11 is 5.91. The molecule has 0 spiro atoms. The Labute approximate surface area is 176 Å². The van der Waals surface area contributed by atoms with Gasteiger partial charge in [-0.25, -0.2) is 15.0 Å². The number of phenols is 1. The Morgan fingerprint density at radius 1 is 1.10 bits per heavy atom. The summed E-state index contributed by atoms with van der Waals surface area (Å²) in [6.07, 6.45) is 3.17. The molecular formula is C21H16ClN5O3. The number of ether oxygens (including phenoxy) is 1. The van der Waals surface area contributed by atoms with Crippen molar-refractivity contribution in [2.75, 3.05) is 17.7 Å². The number of fused-ring (bicyclic) bond motifs is 1. The van der Waals surface area contributed by atoms with Gasteiger partial charge in [-0.3, -0.25) is 4.79 Å². The van der Waals surface area contributed by atoms with E-state index in [-0.39, 0.29) is 11.7 Å². The number of carbonyl (C=O) groups is 1. The van der Waals surface area contributed by atoms with Crippen LogP contribution in [0.4, 0.5) is 17.5 Å². The second kappa shape index (κ2) is 8.22. The van der Waals surface area contributed by atoms with Crippen LogP contribution in [0.5, 0.6) is 11.5 Å². The monoisotopic (exact) mass is 421 g/mol. The molecule has 0 atom stereocenters. The minimum absolute atomic E-state index is 0.00360. The number of rotatable bonds is 5. The third kappa shape index (κ3) is 4.23. The Bertz CT molecular complexity index is 1230. The van der Waals surface area contributed by atoms with E-state index in [0.717, 1.165) is 5.39 Å². The van der Waals surface area contributed by atoms with E-state index < -0.39 is 0 Å². The average molecular weight is 422 g/mol. The van der Waals surface area contributed by atoms with Crippen molar-refractivity contribution in [1.29, 1.82) is 0 Å². The quantitative estimate of drug-likeness (QED) is 0.438. The van der Waals surface area contributed by atoms with Gasteiger partial charge in [-0.2, -0.15) is 0 Å². The zero-order valence-corrected chi connectivity index (χ0v) is 16.5. The number of benzene rings is 2. The Kier molecular flexibility index (Phi) is 5.32. The molecule has 0 aliphatic rings. The highest BCUT2D eigenvalue weighted by Gasteiger charge is 2.09. The van der Waals surface area contributed by atoms with Crippen LogP contribution in [0, 0.1) is 0 Å². The highest BCUT2D eigenvalue weighted by molar-refractivity contribution is 6.31. The minimum Gasteiger partial charge on any atom is -0.504 e. The maximum atomic E-state index is 12.3. The van der Waals surface area contributed by atoms with E-state index >= 15 is 0 Å². The number of aromatic nitrogens is 3. The van der Waals surface area contributed by atoms with E-state index in [2.05, 4.69) is 25.6 Å². The fourth-order valence-corrected chi connectivity index (χ4v) is 2.95. The van der Waals surface area contributed by atoms with Crippen LogP contribution >= 0.6 is 11.6 Å². The van der Waals surface area contributed by atoms with Crippen LogP contribution in [0.1, 0.15) is 10.4 Å². The summed E-state index contributed by atoms with van der Waals surface area (Å²) in [5.74, 6) is 0.771. The second-order valence-electron chi connectivity index (χ2n) is 6.30. The lowest BCUT2D eigenvalue weighted by atomic mass is 10.2. The Hall–Kier alpha value is -3.91. The number of halogens is 1. The molecule has 0 aliphatic carbocycles. The van der Waals surface area contributed by atoms with Crippen molar-refractivity contribution in [2.24, 2.45) is 0 Å². The maximum Gasteiger partial charge on any atom is 0.256 e. The summed E-state index contributed by atoms with van der Waals surface area (Å²) in [6, 6.07) is 13.2. The lowest BCUT2D eigenvalue weighted by Gasteiger charge is -2.09. The number of nitrogens with zero attached hydrogens (tertiary/aromatic N) is 3. The molecule has 0 unspecified atom stereocenters. The molecule has 0 fully saturated rings. The van der Waals surface area contributed by atoms with E-state index in [1.807, 2.05) is 0 Å². The molecule has 30 heavy (non-hydrogen) atoms. The van der Waals surface area contributed by atoms with Crippen LogP contribution in [-0.4, -0.2) is 33.1 Å². The van der Waals surface area contributed by atoms with Crippen molar-refractivity contribution < 1.29 is 14.6 Å². The number of phenolic OH excluding ortho intramolecular Hbond substituents is 1. The van der Waals surface area contributed by atoms with Crippen LogP contribution in [0.2, 0.25) is 5.02 Å². The predicted octanol–water partition coefficient (Wildman–Crippen LogP) is 4.39. The molecule has 9 heteroatoms. The minimum atomic E-state index is -0.307. The van der Waals surface area contributed by atoms with Crippen molar-refractivity contribution in [1.82, 2.24) is 15.0 Å². The van der Waals surface area contributed by atoms with Crippen molar-refractivity contribution >= 4 is 45.9 Å². The predicted molar refractivity (Wildman–Crippen MR) is 115 cm³/mol. The molecule has 0 radical (unpaired) electrons. The summed E-state index contributed by atoms with van der Waals surface area (Å²) < 4.78 is 5.09. The summed E-state index contributed by atoms with van der Waals surface area (Å²) in [5.41, 5.74) is 1.63. The Morgan fingerprint density at radius 3 is 2.70 bits per heavy atom. The molecule has 0 saturated heterocycles. The number of hydrogen-bond donors (Lipinski definition) is 3. The van der Waals surface area contributed by atoms with Crippen LogP contribution in [-0.2, 0) is 0 Å². The molecule has 1 amide bonds. The highest BCUT2D eigenvalue weighted by Crippen LogP contribution is 2.30. The topological polar surface area (TPSA) is 109 Å². The van der Waals surface area contributed by atoms with Crippen molar-refractivity contribution in [3.8, 4) is 11.5 Å². The molecule has 2 aromatic carbocycles. The molecular weight excluding hydrogens is 406 g/mol. The molecule has 0 saturated carbocycles. The SMILES string of the molecule is COc1cc2cnc(Nc3ccc(NC(=O)c4cccc(Cl)c4)nc3)nc2cc1O. The average Bonchev–Trinajstić information content (AvgIpc) is 2.74. The zero-order valence-electron chi connectivity index (χ0n) is 15.8. The molecule has 4 rings (SSSR count). The zero-order chi connectivity index (χ0) is 21.1. The lowest BCUT2D eigenvalue weighted by Crippen LogP contribution is -2.12. The standard InChI is InChI=1S/C21H16ClN5O3/c1-30-18-8-13-10-24-21(26-16(13)9-17(18)28)25-15-5-6-19(23-11-15)27-20(29)12-3-2-4-14(22)7-12/h2-11,28H,1H3,(H,23,27,29)(H,24,25,26). The lowest BCUT2D eigenvalue weighted by molar-refractivity contribution is 0.102. The van der Waals surface area contributed by atoms with Gasteiger partial charge >= 0.3 is 0 Å². The van der Waals surface area contributed by atoms with Gasteiger partial charge in [0.15, 0.2) is 11.5 Å². The fourth-order valence-electron chi connectivity index (χ4n) is 2.76. The first-order valence-corrected chi connectivity index (χ1v) is 9.23. The number of pyridine rings is 1. The summed E-state index contributed by atoms with van der Waals surface area (Å²) in [4.78, 5) is 25.1. The molecule has 150 valence electrons. The van der Waals surface area contributed by atoms with Crippen LogP contribution in [0.25, 0.3) is 10.9 Å². The van der Waals surface area contributed by atoms with Gasteiger partial charge < -0.3 is 20.5 Å². The van der Waals surface area contributed by atoms with Crippen LogP contribution in [0.3, 0.4) is 0 Å². The fraction of sp³-hybridized carbons (Fsp3) is 0.0476. The molecule has 0 aliphatic heterocycles. The first-order valence-electron chi connectivity index (χ1n) is 8.85. The van der Waals surface area contributed by atoms with Gasteiger partial charge in [0.1, 0.15) is 5.82 Å². The Balaban J connectivity index is 1.47. The van der Waals surface area contributed by atoms with Crippen LogP contribution in [0.15, 0.2) is 60.9 Å². The molecule has 2 heterocycles. The Morgan fingerprint density at radius 2 is 1.97 bits per heavy atom. The third-order valence-corrected chi connectivity index (χ3v) is 4.46. The van der Waals surface area contributed by atoms with Gasteiger partial charge in [0, 0.05) is 28.2 Å². The van der Waals surface area contributed by atoms with E-state index in [1.165, 1.54) is 13.2 Å². The maximum absolute atomic E-state index is 12.3. The number of anilines is 3. The number of carbonyl (C=O) groups excluding carboxylic acids is 1. The van der Waals surface area contributed by atoms with Gasteiger partial charge in [0.2, 0.25) is 5.95 Å². The normalized spacial score (nSPS) is 10.6. The van der Waals surface area contributed by atoms with Gasteiger partial charge in [-0.05, 0) is 36.4 Å². The van der Waals surface area contributed by atoms with Crippen molar-refractivity contribution in [3.05, 3.63) is 71.5 Å². The highest BCUT2D eigenvalue weighted by atomic mass is 35.5. The number of aromatic hydroxyl groups is 1. The first-order chi connectivity index (χ1) is 14.5. The van der Waals surface area contributed by atoms with Crippen molar-refractivity contribution in [2.45, 2.75) is 0 Å². The summed E-state index contributed by atoms with van der Waals surface area (Å²) in [7, 11) is 1.48.